The van der Waals surface area contributed by atoms with E-state index in [9.17, 15) is 26.0 Å². The average Bonchev–Trinajstić information content (AvgIpc) is 2.99. The maximum atomic E-state index is 14.2. The second kappa shape index (κ2) is 6.24. The Hall–Kier alpha value is -2.68. The van der Waals surface area contributed by atoms with Crippen LogP contribution in [0.25, 0.3) is 22.5 Å². The quantitative estimate of drug-likeness (QED) is 0.685. The minimum Gasteiger partial charge on any atom is -0.334 e. The topological polar surface area (TPSA) is 62.8 Å². The molecule has 4 nitrogen and oxygen atoms in total. The first-order valence-electron chi connectivity index (χ1n) is 7.30. The number of aromatic nitrogens is 2. The van der Waals surface area contributed by atoms with Crippen molar-refractivity contribution in [1.82, 2.24) is 9.97 Å². The van der Waals surface area contributed by atoms with Crippen LogP contribution in [0.5, 0.6) is 0 Å². The van der Waals surface area contributed by atoms with Crippen molar-refractivity contribution in [2.45, 2.75) is 11.1 Å². The zero-order chi connectivity index (χ0) is 19.1. The Morgan fingerprint density at radius 1 is 0.962 bits per heavy atom. The third-order valence-corrected chi connectivity index (χ3v) is 4.81. The van der Waals surface area contributed by atoms with E-state index in [0.717, 1.165) is 12.3 Å². The molecule has 0 aliphatic rings. The number of imidazole rings is 1. The van der Waals surface area contributed by atoms with Gasteiger partial charge in [-0.3, -0.25) is 0 Å². The first kappa shape index (κ1) is 18.1. The molecule has 1 heterocycles. The molecule has 0 fully saturated rings. The number of H-pyrrole nitrogens is 1. The largest absolute Gasteiger partial charge is 0.449 e. The number of halogens is 4. The van der Waals surface area contributed by atoms with Crippen molar-refractivity contribution in [3.05, 3.63) is 60.2 Å². The number of alkyl halides is 3. The highest BCUT2D eigenvalue weighted by atomic mass is 32.2. The fraction of sp³-hybridized carbons (Fsp3) is 0.118. The van der Waals surface area contributed by atoms with Gasteiger partial charge in [-0.1, -0.05) is 30.3 Å². The van der Waals surface area contributed by atoms with E-state index in [1.165, 1.54) is 42.5 Å². The molecule has 9 heteroatoms. The number of rotatable bonds is 3. The van der Waals surface area contributed by atoms with E-state index < -0.39 is 27.7 Å². The van der Waals surface area contributed by atoms with Gasteiger partial charge in [0.25, 0.3) is 0 Å². The third kappa shape index (κ3) is 3.34. The van der Waals surface area contributed by atoms with Gasteiger partial charge in [-0.25, -0.2) is 17.8 Å². The van der Waals surface area contributed by atoms with E-state index >= 15 is 0 Å². The molecule has 0 aliphatic carbocycles. The molecule has 136 valence electrons. The zero-order valence-electron chi connectivity index (χ0n) is 13.3. The van der Waals surface area contributed by atoms with Gasteiger partial charge in [0.05, 0.1) is 16.3 Å². The van der Waals surface area contributed by atoms with Crippen molar-refractivity contribution in [3.8, 4) is 22.5 Å². The van der Waals surface area contributed by atoms with Gasteiger partial charge in [-0.2, -0.15) is 13.2 Å². The van der Waals surface area contributed by atoms with Gasteiger partial charge >= 0.3 is 6.18 Å². The lowest BCUT2D eigenvalue weighted by Crippen LogP contribution is -2.07. The SMILES string of the molecule is CS(=O)(=O)c1ccccc1-c1nc(C(F)(F)F)[nH]c1-c1ccccc1F. The Morgan fingerprint density at radius 3 is 2.12 bits per heavy atom. The molecule has 1 aromatic heterocycles. The van der Waals surface area contributed by atoms with E-state index in [1.807, 2.05) is 0 Å². The Kier molecular flexibility index (Phi) is 4.35. The Morgan fingerprint density at radius 2 is 1.54 bits per heavy atom. The highest BCUT2D eigenvalue weighted by molar-refractivity contribution is 7.90. The van der Waals surface area contributed by atoms with Gasteiger partial charge in [-0.15, -0.1) is 0 Å². The summed E-state index contributed by atoms with van der Waals surface area (Å²) in [6, 6.07) is 10.7. The van der Waals surface area contributed by atoms with Gasteiger partial charge in [0.15, 0.2) is 9.84 Å². The molecule has 2 aromatic carbocycles. The summed E-state index contributed by atoms with van der Waals surface area (Å²) in [5.74, 6) is -2.10. The lowest BCUT2D eigenvalue weighted by atomic mass is 10.0. The molecule has 3 aromatic rings. The van der Waals surface area contributed by atoms with E-state index in [-0.39, 0.29) is 27.4 Å². The molecule has 0 spiro atoms. The lowest BCUT2D eigenvalue weighted by molar-refractivity contribution is -0.144. The van der Waals surface area contributed by atoms with Crippen molar-refractivity contribution in [2.75, 3.05) is 6.26 Å². The molecular weight excluding hydrogens is 372 g/mol. The van der Waals surface area contributed by atoms with Crippen LogP contribution in [0.1, 0.15) is 5.82 Å². The predicted octanol–water partition coefficient (Wildman–Crippen LogP) is 4.31. The molecule has 0 radical (unpaired) electrons. The van der Waals surface area contributed by atoms with Gasteiger partial charge in [0.2, 0.25) is 5.82 Å². The highest BCUT2D eigenvalue weighted by Gasteiger charge is 2.37. The summed E-state index contributed by atoms with van der Waals surface area (Å²) in [6.07, 6.45) is -3.87. The predicted molar refractivity (Wildman–Crippen MR) is 87.5 cm³/mol. The summed E-state index contributed by atoms with van der Waals surface area (Å²) < 4.78 is 77.6. The number of benzene rings is 2. The number of hydrogen-bond acceptors (Lipinski definition) is 3. The molecule has 3 rings (SSSR count). The standard InChI is InChI=1S/C17H12F4N2O2S/c1-26(24,25)13-9-5-3-7-11(13)15-14(10-6-2-4-8-12(10)18)22-16(23-15)17(19,20)21/h2-9H,1H3,(H,22,23). The molecule has 0 saturated heterocycles. The second-order valence-electron chi connectivity index (χ2n) is 5.55. The molecule has 0 aliphatic heterocycles. The van der Waals surface area contributed by atoms with Crippen LogP contribution in [0.4, 0.5) is 17.6 Å². The van der Waals surface area contributed by atoms with Crippen LogP contribution in [0.2, 0.25) is 0 Å². The average molecular weight is 384 g/mol. The maximum Gasteiger partial charge on any atom is 0.449 e. The van der Waals surface area contributed by atoms with Crippen molar-refractivity contribution in [1.29, 1.82) is 0 Å². The first-order chi connectivity index (χ1) is 12.1. The zero-order valence-corrected chi connectivity index (χ0v) is 14.1. The van der Waals surface area contributed by atoms with Crippen LogP contribution in [0.3, 0.4) is 0 Å². The van der Waals surface area contributed by atoms with Gasteiger partial charge in [0, 0.05) is 17.4 Å². The molecule has 0 amide bonds. The summed E-state index contributed by atoms with van der Waals surface area (Å²) in [4.78, 5) is 5.42. The number of hydrogen-bond donors (Lipinski definition) is 1. The van der Waals surface area contributed by atoms with Crippen LogP contribution >= 0.6 is 0 Å². The van der Waals surface area contributed by atoms with E-state index in [2.05, 4.69) is 9.97 Å². The van der Waals surface area contributed by atoms with Gasteiger partial charge in [-0.05, 0) is 18.2 Å². The smallest absolute Gasteiger partial charge is 0.334 e. The summed E-state index contributed by atoms with van der Waals surface area (Å²) in [7, 11) is -3.75. The summed E-state index contributed by atoms with van der Waals surface area (Å²) in [6.45, 7) is 0. The minimum absolute atomic E-state index is 0.0417. The normalized spacial score (nSPS) is 12.3. The van der Waals surface area contributed by atoms with Gasteiger partial charge < -0.3 is 4.98 Å². The summed E-state index contributed by atoms with van der Waals surface area (Å²) in [5.41, 5.74) is -0.719. The Labute approximate surface area is 146 Å². The first-order valence-corrected chi connectivity index (χ1v) is 9.19. The molecule has 0 saturated carbocycles. The van der Waals surface area contributed by atoms with Crippen molar-refractivity contribution in [3.63, 3.8) is 0 Å². The van der Waals surface area contributed by atoms with Crippen LogP contribution in [0.15, 0.2) is 53.4 Å². The van der Waals surface area contributed by atoms with Crippen molar-refractivity contribution in [2.24, 2.45) is 0 Å². The summed E-state index contributed by atoms with van der Waals surface area (Å²) in [5, 5.41) is 0. The Balaban J connectivity index is 2.36. The van der Waals surface area contributed by atoms with Crippen LogP contribution < -0.4 is 0 Å². The number of aromatic amines is 1. The van der Waals surface area contributed by atoms with Gasteiger partial charge in [0.1, 0.15) is 5.82 Å². The third-order valence-electron chi connectivity index (χ3n) is 3.66. The van der Waals surface area contributed by atoms with E-state index in [4.69, 9.17) is 0 Å². The lowest BCUT2D eigenvalue weighted by Gasteiger charge is -2.08. The minimum atomic E-state index is -4.81. The highest BCUT2D eigenvalue weighted by Crippen LogP contribution is 2.38. The molecule has 1 N–H and O–H groups in total. The number of nitrogens with zero attached hydrogens (tertiary/aromatic N) is 1. The van der Waals surface area contributed by atoms with E-state index in [0.29, 0.717) is 0 Å². The van der Waals surface area contributed by atoms with Crippen molar-refractivity contribution >= 4 is 9.84 Å². The molecule has 0 atom stereocenters. The van der Waals surface area contributed by atoms with Crippen LogP contribution in [-0.4, -0.2) is 24.6 Å². The molecule has 26 heavy (non-hydrogen) atoms. The van der Waals surface area contributed by atoms with Crippen LogP contribution in [-0.2, 0) is 16.0 Å². The van der Waals surface area contributed by atoms with E-state index in [1.54, 1.807) is 0 Å². The number of sulfone groups is 1. The monoisotopic (exact) mass is 384 g/mol. The fourth-order valence-electron chi connectivity index (χ4n) is 2.55. The van der Waals surface area contributed by atoms with Crippen LogP contribution in [0, 0.1) is 5.82 Å². The fourth-order valence-corrected chi connectivity index (χ4v) is 3.44. The molecule has 0 unspecified atom stereocenters. The second-order valence-corrected chi connectivity index (χ2v) is 7.54. The molecule has 0 bridgehead atoms. The van der Waals surface area contributed by atoms with Crippen molar-refractivity contribution < 1.29 is 26.0 Å². The Bertz CT molecular complexity index is 1070. The number of nitrogens with one attached hydrogen (secondary N) is 1. The molecular formula is C17H12F4N2O2S. The maximum absolute atomic E-state index is 14.2. The summed E-state index contributed by atoms with van der Waals surface area (Å²) >= 11 is 0.